The van der Waals surface area contributed by atoms with E-state index in [2.05, 4.69) is 26.0 Å². The van der Waals surface area contributed by atoms with Gasteiger partial charge < -0.3 is 17.6 Å². The number of nitrogens with zero attached hydrogens (tertiary/aromatic N) is 2. The lowest BCUT2D eigenvalue weighted by atomic mass is 9.86. The predicted octanol–water partition coefficient (Wildman–Crippen LogP) is 4.26. The summed E-state index contributed by atoms with van der Waals surface area (Å²) in [5.74, 6) is 0.445. The minimum atomic E-state index is -3.82. The second kappa shape index (κ2) is 4.78. The van der Waals surface area contributed by atoms with Crippen LogP contribution in [0.4, 0.5) is 8.63 Å². The summed E-state index contributed by atoms with van der Waals surface area (Å²) in [7, 11) is 0. The lowest BCUT2D eigenvalue weighted by Crippen LogP contribution is -2.49. The van der Waals surface area contributed by atoms with Gasteiger partial charge in [-0.05, 0) is 35.4 Å². The summed E-state index contributed by atoms with van der Waals surface area (Å²) in [6.07, 6.45) is 6.36. The molecule has 2 aromatic rings. The van der Waals surface area contributed by atoms with E-state index in [4.69, 9.17) is 0 Å². The highest BCUT2D eigenvalue weighted by atomic mass is 19.2. The van der Waals surface area contributed by atoms with E-state index in [1.807, 2.05) is 12.1 Å². The predicted molar refractivity (Wildman–Crippen MR) is 89.8 cm³/mol. The van der Waals surface area contributed by atoms with Gasteiger partial charge in [0.25, 0.3) is 0 Å². The molecule has 0 saturated heterocycles. The number of halogens is 2. The third-order valence-corrected chi connectivity index (χ3v) is 4.61. The molecule has 116 valence electrons. The van der Waals surface area contributed by atoms with Gasteiger partial charge in [0.1, 0.15) is 6.21 Å². The van der Waals surface area contributed by atoms with E-state index in [1.165, 1.54) is 18.0 Å². The average molecular weight is 310 g/mol. The lowest BCUT2D eigenvalue weighted by molar-refractivity contribution is -0.356. The number of rotatable bonds is 2. The van der Waals surface area contributed by atoms with Gasteiger partial charge in [0.15, 0.2) is 5.70 Å². The molecule has 0 radical (unpaired) electrons. The number of hydrogen-bond donors (Lipinski definition) is 0. The molecule has 4 rings (SSSR count). The molecule has 2 nitrogen and oxygen atoms in total. The van der Waals surface area contributed by atoms with Crippen LogP contribution in [0.2, 0.25) is 0 Å². The molecule has 1 aromatic carbocycles. The van der Waals surface area contributed by atoms with Crippen molar-refractivity contribution in [1.82, 2.24) is 4.48 Å². The van der Waals surface area contributed by atoms with Crippen LogP contribution < -0.4 is 0 Å². The summed E-state index contributed by atoms with van der Waals surface area (Å²) in [6, 6.07) is 11.6. The Balaban J connectivity index is 1.94. The fraction of sp³-hybridized carbons (Fsp3) is 0.167. The van der Waals surface area contributed by atoms with Gasteiger partial charge in [0, 0.05) is 17.8 Å². The maximum absolute atomic E-state index is 14.7. The van der Waals surface area contributed by atoms with Crippen LogP contribution in [0.3, 0.4) is 0 Å². The van der Waals surface area contributed by atoms with Crippen molar-refractivity contribution in [2.75, 3.05) is 0 Å². The van der Waals surface area contributed by atoms with Crippen LogP contribution in [0, 0.1) is 0 Å². The first-order chi connectivity index (χ1) is 11.0. The Labute approximate surface area is 134 Å². The van der Waals surface area contributed by atoms with Crippen molar-refractivity contribution in [2.45, 2.75) is 19.8 Å². The maximum Gasteiger partial charge on any atom is 0.737 e. The lowest BCUT2D eigenvalue weighted by Gasteiger charge is -2.30. The van der Waals surface area contributed by atoms with Crippen molar-refractivity contribution < 1.29 is 13.1 Å². The molecule has 0 fully saturated rings. The van der Waals surface area contributed by atoms with Crippen molar-refractivity contribution in [3.8, 4) is 0 Å². The van der Waals surface area contributed by atoms with E-state index in [9.17, 15) is 8.63 Å². The van der Waals surface area contributed by atoms with Crippen molar-refractivity contribution in [1.29, 1.82) is 0 Å². The minimum Gasteiger partial charge on any atom is -0.396 e. The third-order valence-electron chi connectivity index (χ3n) is 4.61. The molecule has 5 heteroatoms. The molecule has 0 saturated carbocycles. The van der Waals surface area contributed by atoms with Gasteiger partial charge in [0.05, 0.1) is 5.57 Å². The highest BCUT2D eigenvalue weighted by molar-refractivity contribution is 6.57. The Hall–Kier alpha value is -2.43. The number of fused-ring (bicyclic) bond motifs is 2. The van der Waals surface area contributed by atoms with Crippen LogP contribution >= 0.6 is 0 Å². The molecule has 0 atom stereocenters. The zero-order valence-corrected chi connectivity index (χ0v) is 13.1. The summed E-state index contributed by atoms with van der Waals surface area (Å²) in [5.41, 5.74) is 4.19. The molecule has 2 aliphatic heterocycles. The maximum atomic E-state index is 14.7. The number of aromatic nitrogens is 1. The second-order valence-corrected chi connectivity index (χ2v) is 6.34. The summed E-state index contributed by atoms with van der Waals surface area (Å²) >= 11 is 0. The van der Waals surface area contributed by atoms with Gasteiger partial charge in [-0.25, -0.2) is 0 Å². The Morgan fingerprint density at radius 2 is 1.83 bits per heavy atom. The molecular weight excluding hydrogens is 293 g/mol. The average Bonchev–Trinajstić information content (AvgIpc) is 3.18. The Morgan fingerprint density at radius 3 is 2.52 bits per heavy atom. The topological polar surface area (TPSA) is 7.94 Å². The number of benzene rings is 1. The van der Waals surface area contributed by atoms with E-state index < -0.39 is 6.97 Å². The van der Waals surface area contributed by atoms with Crippen molar-refractivity contribution in [3.05, 3.63) is 77.3 Å². The van der Waals surface area contributed by atoms with Gasteiger partial charge in [-0.3, -0.25) is 0 Å². The first kappa shape index (κ1) is 14.2. The van der Waals surface area contributed by atoms with Gasteiger partial charge in [0.2, 0.25) is 0 Å². The van der Waals surface area contributed by atoms with Crippen LogP contribution in [0.25, 0.3) is 5.57 Å². The molecule has 0 unspecified atom stereocenters. The van der Waals surface area contributed by atoms with Gasteiger partial charge in [-0.15, -0.1) is 0 Å². The monoisotopic (exact) mass is 310 g/mol. The van der Waals surface area contributed by atoms with Crippen molar-refractivity contribution in [3.63, 3.8) is 0 Å². The number of hydrogen-bond acceptors (Lipinski definition) is 0. The quantitative estimate of drug-likeness (QED) is 0.732. The summed E-state index contributed by atoms with van der Waals surface area (Å²) in [5, 5.41) is 0. The Kier molecular flexibility index (Phi) is 2.95. The van der Waals surface area contributed by atoms with Crippen LogP contribution in [-0.2, 0) is 0 Å². The molecule has 0 aliphatic carbocycles. The fourth-order valence-electron chi connectivity index (χ4n) is 3.35. The molecule has 0 amide bonds. The van der Waals surface area contributed by atoms with E-state index >= 15 is 0 Å². The molecule has 23 heavy (non-hydrogen) atoms. The standard InChI is InChI=1S/C18H17BF2N2/c1-13(2)14-7-9-15(10-8-14)18-16-5-3-11-22(16)19(20,21)23-12-4-6-17(18)23/h3-13H,1-2H3. The van der Waals surface area contributed by atoms with E-state index in [-0.39, 0.29) is 0 Å². The molecule has 0 bridgehead atoms. The van der Waals surface area contributed by atoms with Crippen LogP contribution in [-0.4, -0.2) is 22.1 Å². The third kappa shape index (κ3) is 1.96. The molecule has 1 aromatic heterocycles. The zero-order valence-electron chi connectivity index (χ0n) is 13.1. The Bertz CT molecular complexity index is 871. The highest BCUT2D eigenvalue weighted by Gasteiger charge is 2.51. The fourth-order valence-corrected chi connectivity index (χ4v) is 3.35. The largest absolute Gasteiger partial charge is 0.737 e. The summed E-state index contributed by atoms with van der Waals surface area (Å²) in [4.78, 5) is 0. The molecule has 0 spiro atoms. The van der Waals surface area contributed by atoms with Crippen molar-refractivity contribution in [2.24, 2.45) is 0 Å². The van der Waals surface area contributed by atoms with Crippen LogP contribution in [0.5, 0.6) is 0 Å². The molecule has 2 aliphatic rings. The van der Waals surface area contributed by atoms with E-state index in [0.29, 0.717) is 17.3 Å². The second-order valence-electron chi connectivity index (χ2n) is 6.34. The van der Waals surface area contributed by atoms with Gasteiger partial charge >= 0.3 is 6.97 Å². The first-order valence-electron chi connectivity index (χ1n) is 7.84. The number of allylic oxidation sites excluding steroid dienone is 2. The summed E-state index contributed by atoms with van der Waals surface area (Å²) < 4.78 is 31.6. The van der Waals surface area contributed by atoms with Crippen molar-refractivity contribution >= 4 is 18.8 Å². The van der Waals surface area contributed by atoms with Crippen LogP contribution in [0.1, 0.15) is 36.6 Å². The highest BCUT2D eigenvalue weighted by Crippen LogP contribution is 2.38. The molecule has 3 heterocycles. The van der Waals surface area contributed by atoms with Gasteiger partial charge in [-0.2, -0.15) is 0 Å². The molecular formula is C18H17BF2N2. The van der Waals surface area contributed by atoms with E-state index in [0.717, 1.165) is 20.1 Å². The SMILES string of the molecule is CC(C)c1ccc(C2=C3C=CC=[N+]3[B-](F)(F)n3cccc32)cc1. The molecule has 0 N–H and O–H groups in total. The smallest absolute Gasteiger partial charge is 0.396 e. The Morgan fingerprint density at radius 1 is 1.09 bits per heavy atom. The first-order valence-corrected chi connectivity index (χ1v) is 7.84. The van der Waals surface area contributed by atoms with Crippen LogP contribution in [0.15, 0.2) is 60.4 Å². The normalized spacial score (nSPS) is 18.2. The summed E-state index contributed by atoms with van der Waals surface area (Å²) in [6.45, 7) is 0.462. The minimum absolute atomic E-state index is 0.445. The van der Waals surface area contributed by atoms with Gasteiger partial charge in [-0.1, -0.05) is 38.1 Å². The zero-order chi connectivity index (χ0) is 16.2. The van der Waals surface area contributed by atoms with E-state index in [1.54, 1.807) is 24.3 Å².